The van der Waals surface area contributed by atoms with Gasteiger partial charge in [-0.1, -0.05) is 97.1 Å². The first-order chi connectivity index (χ1) is 16.2. The molecule has 0 spiro atoms. The molecule has 0 aliphatic rings. The molecule has 0 aliphatic carbocycles. The van der Waals surface area contributed by atoms with Crippen LogP contribution in [0.5, 0.6) is 0 Å². The lowest BCUT2D eigenvalue weighted by Crippen LogP contribution is -2.38. The lowest BCUT2D eigenvalue weighted by molar-refractivity contribution is -0.120. The van der Waals surface area contributed by atoms with Crippen molar-refractivity contribution >= 4 is 23.2 Å². The normalized spacial score (nSPS) is 12.6. The minimum Gasteiger partial charge on any atom is -0.445 e. The molecule has 2 atom stereocenters. The van der Waals surface area contributed by atoms with Crippen molar-refractivity contribution in [3.63, 3.8) is 0 Å². The fraction of sp³-hybridized carbons (Fsp3) is 0.143. The van der Waals surface area contributed by atoms with Crippen molar-refractivity contribution in [1.29, 1.82) is 0 Å². The third kappa shape index (κ3) is 6.05. The van der Waals surface area contributed by atoms with Crippen LogP contribution in [0.2, 0.25) is 0 Å². The number of benzene rings is 4. The Hall–Kier alpha value is -3.96. The smallest absolute Gasteiger partial charge is 0.408 e. The summed E-state index contributed by atoms with van der Waals surface area (Å²) in [4.78, 5) is 24.7. The van der Waals surface area contributed by atoms with Gasteiger partial charge in [0.25, 0.3) is 0 Å². The monoisotopic (exact) mass is 439 g/mol. The molecule has 1 amide bonds. The van der Waals surface area contributed by atoms with Gasteiger partial charge in [-0.15, -0.1) is 0 Å². The molecule has 4 aromatic carbocycles. The quantitative estimate of drug-likeness (QED) is 0.345. The predicted molar refractivity (Wildman–Crippen MR) is 128 cm³/mol. The van der Waals surface area contributed by atoms with Crippen LogP contribution in [0.4, 0.5) is 4.79 Å². The molecule has 0 bridgehead atoms. The molecule has 0 unspecified atom stereocenters. The summed E-state index contributed by atoms with van der Waals surface area (Å²) in [5.74, 6) is 0. The minimum absolute atomic E-state index is 0.133. The van der Waals surface area contributed by atoms with Crippen molar-refractivity contribution < 1.29 is 19.1 Å². The first kappa shape index (κ1) is 22.2. The highest BCUT2D eigenvalue weighted by Crippen LogP contribution is 2.24. The van der Waals surface area contributed by atoms with Crippen LogP contribution >= 0.6 is 0 Å². The Bertz CT molecular complexity index is 1190. The number of carbonyl (C=O) groups is 2. The fourth-order valence-corrected chi connectivity index (χ4v) is 3.63. The summed E-state index contributed by atoms with van der Waals surface area (Å²) in [7, 11) is 0. The maximum absolute atomic E-state index is 12.7. The van der Waals surface area contributed by atoms with E-state index in [2.05, 4.69) is 5.32 Å². The highest BCUT2D eigenvalue weighted by Gasteiger charge is 2.26. The standard InChI is InChI=1S/C28H25NO4/c30-18-26(32-19-21-9-3-1-4-10-21)27(25-16-15-23-13-7-8-14-24(23)17-25)29-28(31)33-20-22-11-5-2-6-12-22/h1-18,26-27H,19-20H2,(H,29,31)/t26-,27-/m0/s1. The summed E-state index contributed by atoms with van der Waals surface area (Å²) >= 11 is 0. The van der Waals surface area contributed by atoms with Crippen LogP contribution in [0.3, 0.4) is 0 Å². The number of amides is 1. The van der Waals surface area contributed by atoms with Gasteiger partial charge in [-0.05, 0) is 33.5 Å². The van der Waals surface area contributed by atoms with Crippen LogP contribution in [0, 0.1) is 0 Å². The van der Waals surface area contributed by atoms with Crippen LogP contribution in [-0.2, 0) is 27.5 Å². The van der Waals surface area contributed by atoms with E-state index < -0.39 is 18.2 Å². The van der Waals surface area contributed by atoms with E-state index in [9.17, 15) is 9.59 Å². The van der Waals surface area contributed by atoms with E-state index in [0.29, 0.717) is 0 Å². The molecule has 0 aromatic heterocycles. The van der Waals surface area contributed by atoms with E-state index in [1.54, 1.807) is 0 Å². The Morgan fingerprint density at radius 2 is 1.36 bits per heavy atom. The van der Waals surface area contributed by atoms with E-state index in [1.165, 1.54) is 0 Å². The second kappa shape index (κ2) is 11.1. The Morgan fingerprint density at radius 3 is 2.03 bits per heavy atom. The largest absolute Gasteiger partial charge is 0.445 e. The molecular weight excluding hydrogens is 414 g/mol. The third-order valence-corrected chi connectivity index (χ3v) is 5.37. The van der Waals surface area contributed by atoms with Crippen LogP contribution in [0.1, 0.15) is 22.7 Å². The summed E-state index contributed by atoms with van der Waals surface area (Å²) in [6, 6.07) is 32.1. The maximum atomic E-state index is 12.7. The van der Waals surface area contributed by atoms with Gasteiger partial charge in [0.15, 0.2) is 6.29 Å². The van der Waals surface area contributed by atoms with Crippen molar-refractivity contribution in [2.75, 3.05) is 0 Å². The van der Waals surface area contributed by atoms with Gasteiger partial charge < -0.3 is 19.6 Å². The molecule has 0 fully saturated rings. The zero-order chi connectivity index (χ0) is 22.9. The van der Waals surface area contributed by atoms with E-state index in [0.717, 1.165) is 33.7 Å². The number of alkyl carbamates (subject to hydrolysis) is 1. The fourth-order valence-electron chi connectivity index (χ4n) is 3.63. The molecule has 166 valence electrons. The lowest BCUT2D eigenvalue weighted by Gasteiger charge is -2.25. The molecule has 4 aromatic rings. The van der Waals surface area contributed by atoms with Gasteiger partial charge in [-0.25, -0.2) is 4.79 Å². The molecule has 0 saturated heterocycles. The zero-order valence-corrected chi connectivity index (χ0v) is 18.1. The highest BCUT2D eigenvalue weighted by atomic mass is 16.5. The van der Waals surface area contributed by atoms with Gasteiger partial charge in [0.2, 0.25) is 0 Å². The number of nitrogens with one attached hydrogen (secondary N) is 1. The average molecular weight is 440 g/mol. The molecule has 0 aliphatic heterocycles. The molecule has 0 radical (unpaired) electrons. The molecule has 5 heteroatoms. The van der Waals surface area contributed by atoms with E-state index in [4.69, 9.17) is 9.47 Å². The number of hydrogen-bond acceptors (Lipinski definition) is 4. The van der Waals surface area contributed by atoms with Crippen LogP contribution in [-0.4, -0.2) is 18.5 Å². The van der Waals surface area contributed by atoms with Crippen molar-refractivity contribution in [3.05, 3.63) is 120 Å². The molecular formula is C28H25NO4. The van der Waals surface area contributed by atoms with Gasteiger partial charge >= 0.3 is 6.09 Å². The maximum Gasteiger partial charge on any atom is 0.408 e. The van der Waals surface area contributed by atoms with Crippen molar-refractivity contribution in [3.8, 4) is 0 Å². The molecule has 5 nitrogen and oxygen atoms in total. The van der Waals surface area contributed by atoms with Crippen LogP contribution < -0.4 is 5.32 Å². The van der Waals surface area contributed by atoms with Crippen LogP contribution in [0.25, 0.3) is 10.8 Å². The van der Waals surface area contributed by atoms with Crippen molar-refractivity contribution in [1.82, 2.24) is 5.32 Å². The first-order valence-electron chi connectivity index (χ1n) is 10.8. The van der Waals surface area contributed by atoms with Gasteiger partial charge in [-0.3, -0.25) is 0 Å². The third-order valence-electron chi connectivity index (χ3n) is 5.37. The summed E-state index contributed by atoms with van der Waals surface area (Å²) in [5.41, 5.74) is 2.57. The number of rotatable bonds is 9. The van der Waals surface area contributed by atoms with Gasteiger partial charge in [0.1, 0.15) is 12.7 Å². The Labute approximate surface area is 193 Å². The number of fused-ring (bicyclic) bond motifs is 1. The Morgan fingerprint density at radius 1 is 0.758 bits per heavy atom. The molecule has 33 heavy (non-hydrogen) atoms. The van der Waals surface area contributed by atoms with Gasteiger partial charge in [-0.2, -0.15) is 0 Å². The Balaban J connectivity index is 1.54. The second-order valence-corrected chi connectivity index (χ2v) is 7.69. The summed E-state index contributed by atoms with van der Waals surface area (Å²) < 4.78 is 11.3. The first-order valence-corrected chi connectivity index (χ1v) is 10.8. The highest BCUT2D eigenvalue weighted by molar-refractivity contribution is 5.83. The van der Waals surface area contributed by atoms with Gasteiger partial charge in [0, 0.05) is 0 Å². The van der Waals surface area contributed by atoms with Crippen molar-refractivity contribution in [2.24, 2.45) is 0 Å². The SMILES string of the molecule is O=C[C@H](OCc1ccccc1)[C@@H](NC(=O)OCc1ccccc1)c1ccc2ccccc2c1. The molecule has 4 rings (SSSR count). The van der Waals surface area contributed by atoms with Crippen LogP contribution in [0.15, 0.2) is 103 Å². The number of aldehydes is 1. The topological polar surface area (TPSA) is 64.6 Å². The zero-order valence-electron chi connectivity index (χ0n) is 18.1. The molecule has 0 saturated carbocycles. The number of hydrogen-bond donors (Lipinski definition) is 1. The Kier molecular flexibility index (Phi) is 7.46. The van der Waals surface area contributed by atoms with Gasteiger partial charge in [0.05, 0.1) is 12.6 Å². The minimum atomic E-state index is -0.893. The average Bonchev–Trinajstić information content (AvgIpc) is 2.88. The molecule has 0 heterocycles. The molecule has 1 N–H and O–H groups in total. The van der Waals surface area contributed by atoms with E-state index in [-0.39, 0.29) is 13.2 Å². The predicted octanol–water partition coefficient (Wildman–Crippen LogP) is 5.59. The second-order valence-electron chi connectivity index (χ2n) is 7.69. The summed E-state index contributed by atoms with van der Waals surface area (Å²) in [6.45, 7) is 0.378. The number of ether oxygens (including phenoxy) is 2. The van der Waals surface area contributed by atoms with Crippen molar-refractivity contribution in [2.45, 2.75) is 25.4 Å². The van der Waals surface area contributed by atoms with E-state index >= 15 is 0 Å². The lowest BCUT2D eigenvalue weighted by atomic mass is 9.98. The summed E-state index contributed by atoms with van der Waals surface area (Å²) in [5, 5.41) is 4.91. The number of carbonyl (C=O) groups excluding carboxylic acids is 2. The summed E-state index contributed by atoms with van der Waals surface area (Å²) in [6.07, 6.45) is -0.789. The van der Waals surface area contributed by atoms with E-state index in [1.807, 2.05) is 103 Å².